The van der Waals surface area contributed by atoms with Crippen molar-refractivity contribution in [3.63, 3.8) is 0 Å². The van der Waals surface area contributed by atoms with E-state index < -0.39 is 5.60 Å². The maximum absolute atomic E-state index is 11.7. The average Bonchev–Trinajstić information content (AvgIpc) is 3.13. The number of aryl methyl sites for hydroxylation is 2. The Balaban J connectivity index is 1.84. The zero-order chi connectivity index (χ0) is 14.4. The van der Waals surface area contributed by atoms with Gasteiger partial charge in [-0.25, -0.2) is 4.98 Å². The summed E-state index contributed by atoms with van der Waals surface area (Å²) in [5.74, 6) is 1.09. The molecular formula is C16H21N3OS. The number of fused-ring (bicyclic) bond motifs is 2. The molecule has 1 unspecified atom stereocenters. The third-order valence-electron chi connectivity index (χ3n) is 5.10. The largest absolute Gasteiger partial charge is 0.377 e. The summed E-state index contributed by atoms with van der Waals surface area (Å²) in [7, 11) is 2.16. The molecule has 1 saturated heterocycles. The molecule has 1 N–H and O–H groups in total. The van der Waals surface area contributed by atoms with Gasteiger partial charge in [0.2, 0.25) is 0 Å². The van der Waals surface area contributed by atoms with Crippen molar-refractivity contribution in [3.8, 4) is 0 Å². The number of hydrogen-bond acceptors (Lipinski definition) is 4. The number of aliphatic hydroxyl groups is 1. The van der Waals surface area contributed by atoms with Gasteiger partial charge in [-0.3, -0.25) is 0 Å². The second kappa shape index (κ2) is 4.93. The van der Waals surface area contributed by atoms with E-state index in [2.05, 4.69) is 32.9 Å². The van der Waals surface area contributed by atoms with Gasteiger partial charge in [0.05, 0.1) is 0 Å². The number of rotatable bonds is 1. The first-order valence-corrected chi connectivity index (χ1v) is 8.57. The molecule has 2 aliphatic rings. The second-order valence-corrected chi connectivity index (χ2v) is 7.30. The first-order valence-electron chi connectivity index (χ1n) is 7.69. The lowest BCUT2D eigenvalue weighted by Gasteiger charge is -2.40. The Bertz CT molecular complexity index is 597. The number of nitrogens with zero attached hydrogens (tertiary/aromatic N) is 3. The summed E-state index contributed by atoms with van der Waals surface area (Å²) in [6, 6.07) is 2.11. The summed E-state index contributed by atoms with van der Waals surface area (Å²) in [4.78, 5) is 8.21. The fourth-order valence-electron chi connectivity index (χ4n) is 3.87. The van der Waals surface area contributed by atoms with Crippen LogP contribution in [-0.4, -0.2) is 39.7 Å². The topological polar surface area (TPSA) is 41.3 Å². The van der Waals surface area contributed by atoms with Gasteiger partial charge in [0, 0.05) is 41.7 Å². The number of aromatic nitrogens is 2. The molecule has 4 nitrogen and oxygen atoms in total. The smallest absolute Gasteiger partial charge is 0.151 e. The van der Waals surface area contributed by atoms with E-state index >= 15 is 0 Å². The van der Waals surface area contributed by atoms with Crippen LogP contribution in [0.5, 0.6) is 0 Å². The van der Waals surface area contributed by atoms with E-state index in [9.17, 15) is 5.11 Å². The van der Waals surface area contributed by atoms with E-state index in [4.69, 9.17) is 0 Å². The highest BCUT2D eigenvalue weighted by atomic mass is 32.1. The molecule has 0 aliphatic carbocycles. The van der Waals surface area contributed by atoms with Crippen LogP contribution in [0.25, 0.3) is 0 Å². The number of piperidine rings is 1. The summed E-state index contributed by atoms with van der Waals surface area (Å²) in [5, 5.41) is 13.9. The van der Waals surface area contributed by atoms with Gasteiger partial charge in [-0.15, -0.1) is 11.3 Å². The minimum absolute atomic E-state index is 0.251. The fourth-order valence-corrected chi connectivity index (χ4v) is 4.80. The van der Waals surface area contributed by atoms with Crippen molar-refractivity contribution in [3.05, 3.63) is 40.1 Å². The van der Waals surface area contributed by atoms with Crippen LogP contribution >= 0.6 is 11.3 Å². The van der Waals surface area contributed by atoms with Crippen LogP contribution in [0.3, 0.4) is 0 Å². The van der Waals surface area contributed by atoms with Gasteiger partial charge in [0.1, 0.15) is 5.82 Å². The molecule has 4 rings (SSSR count). The number of thiophene rings is 1. The molecule has 2 aromatic heterocycles. The van der Waals surface area contributed by atoms with Crippen LogP contribution < -0.4 is 0 Å². The van der Waals surface area contributed by atoms with Gasteiger partial charge in [0.25, 0.3) is 0 Å². The van der Waals surface area contributed by atoms with Crippen molar-refractivity contribution in [2.24, 2.45) is 5.92 Å². The molecule has 21 heavy (non-hydrogen) atoms. The SMILES string of the molecule is CN1CCC(C2(O)c3ccsc3CCn3ccnc32)CC1. The fraction of sp³-hybridized carbons (Fsp3) is 0.562. The molecule has 5 heteroatoms. The molecule has 2 aliphatic heterocycles. The Morgan fingerprint density at radius 2 is 2.14 bits per heavy atom. The van der Waals surface area contributed by atoms with Crippen molar-refractivity contribution in [2.45, 2.75) is 31.4 Å². The normalized spacial score (nSPS) is 27.1. The molecule has 2 aromatic rings. The van der Waals surface area contributed by atoms with Crippen LogP contribution in [0, 0.1) is 5.92 Å². The van der Waals surface area contributed by atoms with Gasteiger partial charge in [-0.2, -0.15) is 0 Å². The first-order chi connectivity index (χ1) is 10.2. The Hall–Kier alpha value is -1.17. The van der Waals surface area contributed by atoms with Gasteiger partial charge < -0.3 is 14.6 Å². The monoisotopic (exact) mass is 303 g/mol. The summed E-state index contributed by atoms with van der Waals surface area (Å²) >= 11 is 1.77. The maximum Gasteiger partial charge on any atom is 0.151 e. The molecule has 0 aromatic carbocycles. The molecule has 1 atom stereocenters. The van der Waals surface area contributed by atoms with Crippen LogP contribution in [0.2, 0.25) is 0 Å². The van der Waals surface area contributed by atoms with Crippen LogP contribution in [0.1, 0.15) is 29.1 Å². The summed E-state index contributed by atoms with van der Waals surface area (Å²) < 4.78 is 2.14. The lowest BCUT2D eigenvalue weighted by molar-refractivity contribution is -0.0192. The summed E-state index contributed by atoms with van der Waals surface area (Å²) in [6.07, 6.45) is 6.87. The average molecular weight is 303 g/mol. The molecule has 4 heterocycles. The Morgan fingerprint density at radius 3 is 2.95 bits per heavy atom. The zero-order valence-electron chi connectivity index (χ0n) is 12.3. The minimum Gasteiger partial charge on any atom is -0.377 e. The van der Waals surface area contributed by atoms with Crippen molar-refractivity contribution >= 4 is 11.3 Å². The molecule has 0 bridgehead atoms. The van der Waals surface area contributed by atoms with Gasteiger partial charge >= 0.3 is 0 Å². The van der Waals surface area contributed by atoms with Crippen molar-refractivity contribution < 1.29 is 5.11 Å². The molecular weight excluding hydrogens is 282 g/mol. The van der Waals surface area contributed by atoms with Gasteiger partial charge in [-0.05, 0) is 44.4 Å². The van der Waals surface area contributed by atoms with Crippen molar-refractivity contribution in [2.75, 3.05) is 20.1 Å². The Labute approximate surface area is 129 Å². The quantitative estimate of drug-likeness (QED) is 0.877. The first kappa shape index (κ1) is 13.5. The van der Waals surface area contributed by atoms with E-state index in [1.165, 1.54) is 4.88 Å². The summed E-state index contributed by atoms with van der Waals surface area (Å²) in [6.45, 7) is 3.01. The maximum atomic E-state index is 11.7. The molecule has 1 fully saturated rings. The lowest BCUT2D eigenvalue weighted by Crippen LogP contribution is -2.44. The highest BCUT2D eigenvalue weighted by Crippen LogP contribution is 2.45. The van der Waals surface area contributed by atoms with Crippen LogP contribution in [-0.2, 0) is 18.6 Å². The third kappa shape index (κ3) is 1.99. The van der Waals surface area contributed by atoms with Gasteiger partial charge in [0.15, 0.2) is 5.60 Å². The Kier molecular flexibility index (Phi) is 3.17. The lowest BCUT2D eigenvalue weighted by atomic mass is 9.75. The molecule has 0 amide bonds. The number of imidazole rings is 1. The van der Waals surface area contributed by atoms with E-state index in [-0.39, 0.29) is 5.92 Å². The standard InChI is InChI=1S/C16H21N3OS/c1-18-7-2-12(3-8-18)16(20)13-5-11-21-14(13)4-9-19-10-6-17-15(16)19/h5-6,10-12,20H,2-4,7-9H2,1H3. The number of likely N-dealkylation sites (tertiary alicyclic amines) is 1. The molecule has 0 spiro atoms. The predicted molar refractivity (Wildman–Crippen MR) is 83.5 cm³/mol. The van der Waals surface area contributed by atoms with E-state index in [1.54, 1.807) is 11.3 Å². The highest BCUT2D eigenvalue weighted by molar-refractivity contribution is 7.10. The van der Waals surface area contributed by atoms with Crippen molar-refractivity contribution in [1.82, 2.24) is 14.5 Å². The van der Waals surface area contributed by atoms with E-state index in [1.807, 2.05) is 12.4 Å². The van der Waals surface area contributed by atoms with E-state index in [0.29, 0.717) is 0 Å². The summed E-state index contributed by atoms with van der Waals surface area (Å²) in [5.41, 5.74) is 0.184. The van der Waals surface area contributed by atoms with Gasteiger partial charge in [-0.1, -0.05) is 0 Å². The minimum atomic E-state index is -0.920. The van der Waals surface area contributed by atoms with Crippen LogP contribution in [0.4, 0.5) is 0 Å². The molecule has 0 saturated carbocycles. The zero-order valence-corrected chi connectivity index (χ0v) is 13.1. The highest BCUT2D eigenvalue weighted by Gasteiger charge is 2.46. The third-order valence-corrected chi connectivity index (χ3v) is 6.08. The molecule has 112 valence electrons. The second-order valence-electron chi connectivity index (χ2n) is 6.30. The van der Waals surface area contributed by atoms with Crippen molar-refractivity contribution in [1.29, 1.82) is 0 Å². The number of hydrogen-bond donors (Lipinski definition) is 1. The predicted octanol–water partition coefficient (Wildman–Crippen LogP) is 2.08. The molecule has 0 radical (unpaired) electrons. The van der Waals surface area contributed by atoms with Crippen LogP contribution in [0.15, 0.2) is 23.8 Å². The Morgan fingerprint density at radius 1 is 1.33 bits per heavy atom. The van der Waals surface area contributed by atoms with E-state index in [0.717, 1.165) is 50.3 Å².